The second kappa shape index (κ2) is 5.52. The lowest BCUT2D eigenvalue weighted by Gasteiger charge is -2.16. The van der Waals surface area contributed by atoms with Gasteiger partial charge in [-0.05, 0) is 24.8 Å². The molecule has 0 saturated heterocycles. The lowest BCUT2D eigenvalue weighted by molar-refractivity contribution is -0.137. The summed E-state index contributed by atoms with van der Waals surface area (Å²) in [6.07, 6.45) is 2.52. The molecule has 2 N–H and O–H groups in total. The van der Waals surface area contributed by atoms with E-state index in [1.807, 2.05) is 0 Å². The van der Waals surface area contributed by atoms with E-state index in [4.69, 9.17) is 16.7 Å². The van der Waals surface area contributed by atoms with Gasteiger partial charge in [0.15, 0.2) is 0 Å². The number of pyridine rings is 1. The number of carbonyl (C=O) groups is 2. The minimum absolute atomic E-state index is 0.0855. The number of halogens is 2. The second-order valence-corrected chi connectivity index (χ2v) is 4.87. The minimum atomic E-state index is -0.985. The molecule has 102 valence electrons. The highest BCUT2D eigenvalue weighted by molar-refractivity contribution is 6.32. The molecule has 1 aliphatic rings. The number of hydrogen-bond acceptors (Lipinski definition) is 3. The van der Waals surface area contributed by atoms with Crippen molar-refractivity contribution in [3.8, 4) is 0 Å². The molecular formula is C12H12ClFN2O3. The number of carboxylic acid groups (broad SMARTS) is 1. The van der Waals surface area contributed by atoms with Crippen molar-refractivity contribution in [2.24, 2.45) is 5.92 Å². The molecule has 1 atom stereocenters. The number of nitrogens with one attached hydrogen (secondary N) is 1. The van der Waals surface area contributed by atoms with Crippen molar-refractivity contribution < 1.29 is 19.1 Å². The molecule has 0 aliphatic heterocycles. The average Bonchev–Trinajstić information content (AvgIpc) is 3.14. The highest BCUT2D eigenvalue weighted by atomic mass is 35.5. The van der Waals surface area contributed by atoms with Crippen molar-refractivity contribution in [1.82, 2.24) is 10.3 Å². The molecule has 2 rings (SSSR count). The molecule has 1 aromatic rings. The molecule has 1 amide bonds. The third-order valence-corrected chi connectivity index (χ3v) is 3.25. The Kier molecular flexibility index (Phi) is 3.99. The topological polar surface area (TPSA) is 79.3 Å². The Bertz CT molecular complexity index is 520. The van der Waals surface area contributed by atoms with Gasteiger partial charge in [-0.2, -0.15) is 0 Å². The quantitative estimate of drug-likeness (QED) is 0.810. The van der Waals surface area contributed by atoms with E-state index in [9.17, 15) is 14.0 Å². The maximum atomic E-state index is 13.0. The van der Waals surface area contributed by atoms with E-state index in [-0.39, 0.29) is 23.1 Å². The number of hydrogen-bond donors (Lipinski definition) is 2. The van der Waals surface area contributed by atoms with Crippen LogP contribution in [0.1, 0.15) is 29.6 Å². The van der Waals surface area contributed by atoms with Crippen LogP contribution >= 0.6 is 11.6 Å². The van der Waals surface area contributed by atoms with E-state index in [1.54, 1.807) is 0 Å². The molecule has 7 heteroatoms. The van der Waals surface area contributed by atoms with Gasteiger partial charge in [-0.1, -0.05) is 11.6 Å². The third kappa shape index (κ3) is 3.64. The summed E-state index contributed by atoms with van der Waals surface area (Å²) in [5.74, 6) is -2.09. The van der Waals surface area contributed by atoms with Crippen LogP contribution in [0.15, 0.2) is 12.3 Å². The van der Waals surface area contributed by atoms with Gasteiger partial charge in [-0.15, -0.1) is 0 Å². The summed E-state index contributed by atoms with van der Waals surface area (Å²) in [6, 6.07) is 0.527. The molecule has 0 bridgehead atoms. The first-order chi connectivity index (χ1) is 8.97. The smallest absolute Gasteiger partial charge is 0.305 e. The van der Waals surface area contributed by atoms with E-state index >= 15 is 0 Å². The van der Waals surface area contributed by atoms with E-state index < -0.39 is 23.7 Å². The minimum Gasteiger partial charge on any atom is -0.481 e. The molecule has 1 heterocycles. The Morgan fingerprint density at radius 1 is 1.58 bits per heavy atom. The molecule has 5 nitrogen and oxygen atoms in total. The Morgan fingerprint density at radius 2 is 2.26 bits per heavy atom. The molecule has 1 fully saturated rings. The Labute approximate surface area is 113 Å². The Balaban J connectivity index is 2.10. The molecule has 0 spiro atoms. The number of carbonyl (C=O) groups excluding carboxylic acids is 1. The highest BCUT2D eigenvalue weighted by Gasteiger charge is 2.34. The van der Waals surface area contributed by atoms with Gasteiger partial charge in [0.05, 0.1) is 18.2 Å². The maximum absolute atomic E-state index is 13.0. The van der Waals surface area contributed by atoms with Crippen molar-refractivity contribution >= 4 is 23.5 Å². The first-order valence-electron chi connectivity index (χ1n) is 5.81. The molecule has 0 radical (unpaired) electrons. The van der Waals surface area contributed by atoms with Crippen LogP contribution in [-0.4, -0.2) is 28.0 Å². The molecule has 0 aromatic carbocycles. The van der Waals surface area contributed by atoms with Crippen LogP contribution in [0.3, 0.4) is 0 Å². The van der Waals surface area contributed by atoms with Crippen LogP contribution in [0.25, 0.3) is 0 Å². The predicted octanol–water partition coefficient (Wildman–Crippen LogP) is 1.86. The monoisotopic (exact) mass is 286 g/mol. The number of rotatable bonds is 5. The molecule has 1 aliphatic carbocycles. The predicted molar refractivity (Wildman–Crippen MR) is 65.4 cm³/mol. The van der Waals surface area contributed by atoms with E-state index in [1.165, 1.54) is 0 Å². The summed E-state index contributed by atoms with van der Waals surface area (Å²) in [5.41, 5.74) is -0.0855. The summed E-state index contributed by atoms with van der Waals surface area (Å²) in [5, 5.41) is 11.3. The average molecular weight is 287 g/mol. The van der Waals surface area contributed by atoms with E-state index in [0.29, 0.717) is 0 Å². The maximum Gasteiger partial charge on any atom is 0.305 e. The summed E-state index contributed by atoms with van der Waals surface area (Å²) in [4.78, 5) is 26.2. The molecular weight excluding hydrogens is 275 g/mol. The third-order valence-electron chi connectivity index (χ3n) is 2.95. The Morgan fingerprint density at radius 3 is 2.84 bits per heavy atom. The summed E-state index contributed by atoms with van der Waals surface area (Å²) >= 11 is 5.72. The highest BCUT2D eigenvalue weighted by Crippen LogP contribution is 2.34. The SMILES string of the molecule is O=C(O)CC(NC(=O)c1cc(F)cnc1Cl)C1CC1. The summed E-state index contributed by atoms with van der Waals surface area (Å²) < 4.78 is 13.0. The van der Waals surface area contributed by atoms with Crippen LogP contribution < -0.4 is 5.32 Å². The number of aliphatic carboxylic acids is 1. The van der Waals surface area contributed by atoms with Crippen LogP contribution in [0.2, 0.25) is 5.15 Å². The number of amides is 1. The van der Waals surface area contributed by atoms with Gasteiger partial charge >= 0.3 is 5.97 Å². The lowest BCUT2D eigenvalue weighted by atomic mass is 10.1. The van der Waals surface area contributed by atoms with Gasteiger partial charge in [0, 0.05) is 6.04 Å². The van der Waals surface area contributed by atoms with Crippen molar-refractivity contribution in [2.45, 2.75) is 25.3 Å². The van der Waals surface area contributed by atoms with Crippen molar-refractivity contribution in [2.75, 3.05) is 0 Å². The van der Waals surface area contributed by atoms with Crippen LogP contribution in [0, 0.1) is 11.7 Å². The zero-order valence-electron chi connectivity index (χ0n) is 9.90. The second-order valence-electron chi connectivity index (χ2n) is 4.51. The van der Waals surface area contributed by atoms with Gasteiger partial charge in [0.2, 0.25) is 0 Å². The normalized spacial score (nSPS) is 15.9. The summed E-state index contributed by atoms with van der Waals surface area (Å²) in [7, 11) is 0. The molecule has 1 unspecified atom stereocenters. The number of nitrogens with zero attached hydrogens (tertiary/aromatic N) is 1. The van der Waals surface area contributed by atoms with Gasteiger partial charge < -0.3 is 10.4 Å². The fourth-order valence-corrected chi connectivity index (χ4v) is 2.04. The summed E-state index contributed by atoms with van der Waals surface area (Å²) in [6.45, 7) is 0. The molecule has 1 saturated carbocycles. The number of aromatic nitrogens is 1. The van der Waals surface area contributed by atoms with Gasteiger partial charge in [0.1, 0.15) is 11.0 Å². The number of carboxylic acids is 1. The van der Waals surface area contributed by atoms with Crippen molar-refractivity contribution in [3.05, 3.63) is 28.8 Å². The zero-order valence-corrected chi connectivity index (χ0v) is 10.7. The van der Waals surface area contributed by atoms with Crippen LogP contribution in [0.4, 0.5) is 4.39 Å². The first kappa shape index (κ1) is 13.7. The van der Waals surface area contributed by atoms with Crippen LogP contribution in [-0.2, 0) is 4.79 Å². The van der Waals surface area contributed by atoms with Gasteiger partial charge in [-0.25, -0.2) is 9.37 Å². The van der Waals surface area contributed by atoms with E-state index in [2.05, 4.69) is 10.3 Å². The first-order valence-corrected chi connectivity index (χ1v) is 6.19. The molecule has 1 aromatic heterocycles. The lowest BCUT2D eigenvalue weighted by Crippen LogP contribution is -2.38. The zero-order chi connectivity index (χ0) is 14.0. The van der Waals surface area contributed by atoms with Gasteiger partial charge in [-0.3, -0.25) is 9.59 Å². The van der Waals surface area contributed by atoms with Crippen molar-refractivity contribution in [3.63, 3.8) is 0 Å². The van der Waals surface area contributed by atoms with Gasteiger partial charge in [0.25, 0.3) is 5.91 Å². The molecule has 19 heavy (non-hydrogen) atoms. The Hall–Kier alpha value is -1.69. The van der Waals surface area contributed by atoms with Crippen LogP contribution in [0.5, 0.6) is 0 Å². The van der Waals surface area contributed by atoms with E-state index in [0.717, 1.165) is 25.1 Å². The fraction of sp³-hybridized carbons (Fsp3) is 0.417. The van der Waals surface area contributed by atoms with Crippen molar-refractivity contribution in [1.29, 1.82) is 0 Å². The standard InChI is InChI=1S/C12H12ClFN2O3/c13-11-8(3-7(14)5-15-11)12(19)16-9(4-10(17)18)6-1-2-6/h3,5-6,9H,1-2,4H2,(H,16,19)(H,17,18). The largest absolute Gasteiger partial charge is 0.481 e. The fourth-order valence-electron chi connectivity index (χ4n) is 1.85.